The molecule has 0 radical (unpaired) electrons. The molecule has 1 aliphatic heterocycles. The first-order valence-electron chi connectivity index (χ1n) is 8.00. The normalized spacial score (nSPS) is 20.7. The lowest BCUT2D eigenvalue weighted by atomic mass is 10.1. The largest absolute Gasteiger partial charge is 0.379 e. The highest BCUT2D eigenvalue weighted by molar-refractivity contribution is 5.14. The van der Waals surface area contributed by atoms with Gasteiger partial charge in [0.2, 0.25) is 0 Å². The van der Waals surface area contributed by atoms with E-state index in [0.717, 1.165) is 38.7 Å². The van der Waals surface area contributed by atoms with Crippen molar-refractivity contribution in [2.45, 2.75) is 44.2 Å². The zero-order chi connectivity index (χ0) is 14.8. The number of ether oxygens (including phenoxy) is 2. The van der Waals surface area contributed by atoms with Gasteiger partial charge in [0, 0.05) is 12.6 Å². The quantitative estimate of drug-likeness (QED) is 0.591. The molecule has 1 aromatic rings. The molecule has 0 aromatic heterocycles. The van der Waals surface area contributed by atoms with Gasteiger partial charge in [-0.1, -0.05) is 42.5 Å². The van der Waals surface area contributed by atoms with Gasteiger partial charge in [0.25, 0.3) is 0 Å². The van der Waals surface area contributed by atoms with E-state index in [9.17, 15) is 0 Å². The first-order chi connectivity index (χ1) is 10.3. The van der Waals surface area contributed by atoms with Crippen molar-refractivity contribution >= 4 is 0 Å². The minimum absolute atomic E-state index is 0.0105. The molecule has 2 rings (SSSR count). The van der Waals surface area contributed by atoms with E-state index in [1.54, 1.807) is 0 Å². The van der Waals surface area contributed by atoms with E-state index in [0.29, 0.717) is 13.2 Å². The number of hydrogen-bond acceptors (Lipinski definition) is 3. The molecule has 1 fully saturated rings. The Morgan fingerprint density at radius 2 is 2.19 bits per heavy atom. The molecule has 1 aromatic carbocycles. The van der Waals surface area contributed by atoms with E-state index in [1.807, 2.05) is 0 Å². The minimum Gasteiger partial charge on any atom is -0.379 e. The number of aryl methyl sites for hydroxylation is 1. The van der Waals surface area contributed by atoms with Crippen LogP contribution in [0.5, 0.6) is 0 Å². The molecule has 1 saturated heterocycles. The van der Waals surface area contributed by atoms with E-state index in [1.165, 1.54) is 5.56 Å². The predicted octanol–water partition coefficient (Wildman–Crippen LogP) is 3.09. The molecule has 1 heterocycles. The van der Waals surface area contributed by atoms with Gasteiger partial charge in [-0.3, -0.25) is 0 Å². The molecule has 21 heavy (non-hydrogen) atoms. The van der Waals surface area contributed by atoms with Crippen LogP contribution in [0.15, 0.2) is 42.5 Å². The SMILES string of the molecule is NC(C=CCCCc1ccccc1)COC1CCCOC1. The van der Waals surface area contributed by atoms with E-state index in [2.05, 4.69) is 42.5 Å². The van der Waals surface area contributed by atoms with Gasteiger partial charge >= 0.3 is 0 Å². The maximum absolute atomic E-state index is 6.03. The number of benzene rings is 1. The molecule has 2 N–H and O–H groups in total. The minimum atomic E-state index is -0.0105. The lowest BCUT2D eigenvalue weighted by Gasteiger charge is -2.23. The number of unbranched alkanes of at least 4 members (excludes halogenated alkanes) is 1. The molecule has 1 aliphatic rings. The summed E-state index contributed by atoms with van der Waals surface area (Å²) in [5.41, 5.74) is 7.43. The van der Waals surface area contributed by atoms with Crippen LogP contribution in [-0.4, -0.2) is 32.0 Å². The van der Waals surface area contributed by atoms with Gasteiger partial charge in [-0.05, 0) is 37.7 Å². The van der Waals surface area contributed by atoms with Crippen molar-refractivity contribution in [1.29, 1.82) is 0 Å². The number of hydrogen-bond donors (Lipinski definition) is 1. The molecule has 0 amide bonds. The number of allylic oxidation sites excluding steroid dienone is 1. The zero-order valence-electron chi connectivity index (χ0n) is 12.7. The van der Waals surface area contributed by atoms with E-state index in [4.69, 9.17) is 15.2 Å². The highest BCUT2D eigenvalue weighted by atomic mass is 16.5. The average Bonchev–Trinajstić information content (AvgIpc) is 2.54. The maximum Gasteiger partial charge on any atom is 0.0810 e. The molecule has 3 nitrogen and oxygen atoms in total. The summed E-state index contributed by atoms with van der Waals surface area (Å²) in [4.78, 5) is 0. The Morgan fingerprint density at radius 3 is 2.95 bits per heavy atom. The van der Waals surface area contributed by atoms with Crippen LogP contribution >= 0.6 is 0 Å². The van der Waals surface area contributed by atoms with Crippen molar-refractivity contribution in [2.75, 3.05) is 19.8 Å². The van der Waals surface area contributed by atoms with Gasteiger partial charge in [-0.2, -0.15) is 0 Å². The number of nitrogens with two attached hydrogens (primary N) is 1. The Morgan fingerprint density at radius 1 is 1.33 bits per heavy atom. The van der Waals surface area contributed by atoms with Crippen LogP contribution in [0.2, 0.25) is 0 Å². The second-order valence-electron chi connectivity index (χ2n) is 5.64. The highest BCUT2D eigenvalue weighted by Gasteiger charge is 2.14. The van der Waals surface area contributed by atoms with Gasteiger partial charge in [0.1, 0.15) is 0 Å². The maximum atomic E-state index is 6.03. The molecule has 2 unspecified atom stereocenters. The first kappa shape index (κ1) is 16.2. The van der Waals surface area contributed by atoms with E-state index < -0.39 is 0 Å². The summed E-state index contributed by atoms with van der Waals surface area (Å²) in [6, 6.07) is 10.6. The van der Waals surface area contributed by atoms with Gasteiger partial charge in [-0.15, -0.1) is 0 Å². The number of rotatable bonds is 8. The monoisotopic (exact) mass is 289 g/mol. The summed E-state index contributed by atoms with van der Waals surface area (Å²) in [5.74, 6) is 0. The summed E-state index contributed by atoms with van der Waals surface area (Å²) in [7, 11) is 0. The summed E-state index contributed by atoms with van der Waals surface area (Å²) in [6.07, 6.45) is 10.00. The Balaban J connectivity index is 1.53. The van der Waals surface area contributed by atoms with Crippen LogP contribution in [0, 0.1) is 0 Å². The topological polar surface area (TPSA) is 44.5 Å². The fraction of sp³-hybridized carbons (Fsp3) is 0.556. The van der Waals surface area contributed by atoms with Crippen LogP contribution in [0.1, 0.15) is 31.2 Å². The summed E-state index contributed by atoms with van der Waals surface area (Å²) in [6.45, 7) is 2.17. The Kier molecular flexibility index (Phi) is 7.50. The van der Waals surface area contributed by atoms with E-state index in [-0.39, 0.29) is 12.1 Å². The van der Waals surface area contributed by atoms with Gasteiger partial charge in [0.15, 0.2) is 0 Å². The predicted molar refractivity (Wildman–Crippen MR) is 86.3 cm³/mol. The molecular weight excluding hydrogens is 262 g/mol. The standard InChI is InChI=1S/C18H27NO2/c19-17(14-21-18-12-7-13-20-15-18)11-6-2-5-10-16-8-3-1-4-9-16/h1,3-4,6,8-9,11,17-18H,2,5,7,10,12-15,19H2. The van der Waals surface area contributed by atoms with Gasteiger partial charge < -0.3 is 15.2 Å². The fourth-order valence-corrected chi connectivity index (χ4v) is 2.49. The second-order valence-corrected chi connectivity index (χ2v) is 5.64. The molecule has 3 heteroatoms. The molecule has 0 saturated carbocycles. The van der Waals surface area contributed by atoms with E-state index >= 15 is 0 Å². The highest BCUT2D eigenvalue weighted by Crippen LogP contribution is 2.10. The molecule has 0 spiro atoms. The third-order valence-electron chi connectivity index (χ3n) is 3.71. The Bertz CT molecular complexity index is 399. The molecule has 116 valence electrons. The third kappa shape index (κ3) is 6.89. The van der Waals surface area contributed by atoms with Crippen LogP contribution in [-0.2, 0) is 15.9 Å². The third-order valence-corrected chi connectivity index (χ3v) is 3.71. The molecular formula is C18H27NO2. The Labute approximate surface area is 128 Å². The second kappa shape index (κ2) is 9.72. The summed E-state index contributed by atoms with van der Waals surface area (Å²) < 4.78 is 11.2. The fourth-order valence-electron chi connectivity index (χ4n) is 2.49. The van der Waals surface area contributed by atoms with Crippen LogP contribution in [0.4, 0.5) is 0 Å². The first-order valence-corrected chi connectivity index (χ1v) is 8.00. The van der Waals surface area contributed by atoms with Crippen LogP contribution in [0.3, 0.4) is 0 Å². The van der Waals surface area contributed by atoms with Gasteiger partial charge in [-0.25, -0.2) is 0 Å². The van der Waals surface area contributed by atoms with Crippen LogP contribution < -0.4 is 5.73 Å². The van der Waals surface area contributed by atoms with Crippen molar-refractivity contribution in [2.24, 2.45) is 5.73 Å². The smallest absolute Gasteiger partial charge is 0.0810 e. The van der Waals surface area contributed by atoms with Crippen molar-refractivity contribution in [3.05, 3.63) is 48.0 Å². The molecule has 0 aliphatic carbocycles. The summed E-state index contributed by atoms with van der Waals surface area (Å²) in [5, 5.41) is 0. The lowest BCUT2D eigenvalue weighted by molar-refractivity contribution is -0.0509. The molecule has 2 atom stereocenters. The van der Waals surface area contributed by atoms with Gasteiger partial charge in [0.05, 0.1) is 19.3 Å². The average molecular weight is 289 g/mol. The lowest BCUT2D eigenvalue weighted by Crippen LogP contribution is -2.31. The van der Waals surface area contributed by atoms with Crippen molar-refractivity contribution in [1.82, 2.24) is 0 Å². The van der Waals surface area contributed by atoms with Crippen molar-refractivity contribution < 1.29 is 9.47 Å². The van der Waals surface area contributed by atoms with Crippen molar-refractivity contribution in [3.8, 4) is 0 Å². The molecule has 0 bridgehead atoms. The Hall–Kier alpha value is -1.16. The zero-order valence-corrected chi connectivity index (χ0v) is 12.7. The summed E-state index contributed by atoms with van der Waals surface area (Å²) >= 11 is 0. The van der Waals surface area contributed by atoms with Crippen molar-refractivity contribution in [3.63, 3.8) is 0 Å². The van der Waals surface area contributed by atoms with Crippen LogP contribution in [0.25, 0.3) is 0 Å².